The lowest BCUT2D eigenvalue weighted by Gasteiger charge is -2.50. The Labute approximate surface area is 133 Å². The van der Waals surface area contributed by atoms with E-state index in [1.807, 2.05) is 4.90 Å². The normalized spacial score (nSPS) is 24.0. The fraction of sp³-hybridized carbons (Fsp3) is 0.615. The number of halogens is 1. The van der Waals surface area contributed by atoms with Gasteiger partial charge in [0, 0.05) is 40.8 Å². The molecule has 0 bridgehead atoms. The summed E-state index contributed by atoms with van der Waals surface area (Å²) in [4.78, 5) is 27.4. The van der Waals surface area contributed by atoms with Crippen molar-refractivity contribution in [3.63, 3.8) is 0 Å². The Hall–Kier alpha value is -1.80. The van der Waals surface area contributed by atoms with Crippen LogP contribution < -0.4 is 9.80 Å². The van der Waals surface area contributed by atoms with Crippen molar-refractivity contribution in [2.24, 2.45) is 0 Å². The Kier molecular flexibility index (Phi) is 3.73. The molecule has 9 heteroatoms. The summed E-state index contributed by atoms with van der Waals surface area (Å²) < 4.78 is 0. The summed E-state index contributed by atoms with van der Waals surface area (Å²) in [6, 6.07) is -0.304. The van der Waals surface area contributed by atoms with Gasteiger partial charge in [-0.15, -0.1) is 0 Å². The van der Waals surface area contributed by atoms with Crippen LogP contribution in [0.2, 0.25) is 5.28 Å². The van der Waals surface area contributed by atoms with Gasteiger partial charge in [0.25, 0.3) is 0 Å². The van der Waals surface area contributed by atoms with E-state index in [-0.39, 0.29) is 17.4 Å². The molecule has 1 saturated heterocycles. The summed E-state index contributed by atoms with van der Waals surface area (Å²) in [7, 11) is 5.23. The van der Waals surface area contributed by atoms with E-state index in [9.17, 15) is 9.90 Å². The first-order chi connectivity index (χ1) is 10.4. The molecule has 120 valence electrons. The molecule has 1 fully saturated rings. The van der Waals surface area contributed by atoms with E-state index in [0.717, 1.165) is 5.69 Å². The van der Waals surface area contributed by atoms with Crippen LogP contribution in [0.15, 0.2) is 6.20 Å². The lowest BCUT2D eigenvalue weighted by Crippen LogP contribution is -2.65. The first-order valence-electron chi connectivity index (χ1n) is 7.06. The number of piperazine rings is 1. The second kappa shape index (κ2) is 5.44. The number of likely N-dealkylation sites (N-methyl/N-ethyl adjacent to an activating group) is 1. The third kappa shape index (κ3) is 2.32. The SMILES string of the molecule is CN(C)C(=O)N1CCN2c3nc(Cl)ncc3N(C)C(O)C2C1. The first kappa shape index (κ1) is 15.1. The van der Waals surface area contributed by atoms with E-state index in [4.69, 9.17) is 11.6 Å². The molecule has 1 aromatic heterocycles. The summed E-state index contributed by atoms with van der Waals surface area (Å²) in [6.07, 6.45) is 0.872. The van der Waals surface area contributed by atoms with Gasteiger partial charge in [-0.3, -0.25) is 0 Å². The highest BCUT2D eigenvalue weighted by Gasteiger charge is 2.42. The van der Waals surface area contributed by atoms with Crippen LogP contribution >= 0.6 is 11.6 Å². The number of carbonyl (C=O) groups is 1. The molecule has 0 spiro atoms. The Morgan fingerprint density at radius 1 is 1.45 bits per heavy atom. The number of aliphatic hydroxyl groups is 1. The number of fused-ring (bicyclic) bond motifs is 3. The quantitative estimate of drug-likeness (QED) is 0.680. The Balaban J connectivity index is 1.92. The van der Waals surface area contributed by atoms with E-state index in [2.05, 4.69) is 9.97 Å². The minimum Gasteiger partial charge on any atom is -0.371 e. The van der Waals surface area contributed by atoms with Crippen LogP contribution in [0.4, 0.5) is 16.3 Å². The number of aliphatic hydroxyl groups excluding tert-OH is 1. The lowest BCUT2D eigenvalue weighted by atomic mass is 10.1. The van der Waals surface area contributed by atoms with Gasteiger partial charge in [0.05, 0.1) is 12.2 Å². The predicted octanol–water partition coefficient (Wildman–Crippen LogP) is 0.0704. The van der Waals surface area contributed by atoms with Gasteiger partial charge in [0.15, 0.2) is 5.82 Å². The molecule has 0 aliphatic carbocycles. The van der Waals surface area contributed by atoms with Crippen LogP contribution in [0.3, 0.4) is 0 Å². The summed E-state index contributed by atoms with van der Waals surface area (Å²) in [5, 5.41) is 10.7. The van der Waals surface area contributed by atoms with Crippen molar-refractivity contribution < 1.29 is 9.90 Å². The molecule has 1 aromatic rings. The summed E-state index contributed by atoms with van der Waals surface area (Å²) in [6.45, 7) is 1.60. The molecule has 22 heavy (non-hydrogen) atoms. The van der Waals surface area contributed by atoms with Gasteiger partial charge >= 0.3 is 6.03 Å². The smallest absolute Gasteiger partial charge is 0.319 e. The zero-order valence-electron chi connectivity index (χ0n) is 12.8. The second-order valence-corrected chi connectivity index (χ2v) is 6.09. The Bertz CT molecular complexity index is 598. The standard InChI is InChI=1S/C13H19ClN6O2/c1-17(2)13(22)19-4-5-20-9(7-19)11(21)18(3)8-6-15-12(14)16-10(8)20/h6,9,11,21H,4-5,7H2,1-3H3. The van der Waals surface area contributed by atoms with Gasteiger partial charge in [-0.25, -0.2) is 9.78 Å². The molecule has 1 N–H and O–H groups in total. The van der Waals surface area contributed by atoms with Crippen molar-refractivity contribution in [3.05, 3.63) is 11.5 Å². The van der Waals surface area contributed by atoms with Crippen LogP contribution in [-0.2, 0) is 0 Å². The van der Waals surface area contributed by atoms with Crippen LogP contribution in [0.1, 0.15) is 0 Å². The fourth-order valence-corrected chi connectivity index (χ4v) is 3.12. The number of anilines is 2. The lowest BCUT2D eigenvalue weighted by molar-refractivity contribution is 0.0935. The van der Waals surface area contributed by atoms with Crippen LogP contribution in [0, 0.1) is 0 Å². The monoisotopic (exact) mass is 326 g/mol. The predicted molar refractivity (Wildman–Crippen MR) is 83.2 cm³/mol. The van der Waals surface area contributed by atoms with Crippen molar-refractivity contribution in [2.75, 3.05) is 50.6 Å². The zero-order chi connectivity index (χ0) is 16.0. The van der Waals surface area contributed by atoms with Gasteiger partial charge in [-0.05, 0) is 11.6 Å². The summed E-state index contributed by atoms with van der Waals surface area (Å²) >= 11 is 5.91. The topological polar surface area (TPSA) is 76.0 Å². The zero-order valence-corrected chi connectivity index (χ0v) is 13.5. The maximum atomic E-state index is 12.2. The molecule has 0 aromatic carbocycles. The van der Waals surface area contributed by atoms with Crippen LogP contribution in [-0.4, -0.2) is 84.0 Å². The van der Waals surface area contributed by atoms with Gasteiger partial charge in [-0.2, -0.15) is 4.98 Å². The number of hydrogen-bond donors (Lipinski definition) is 1. The highest BCUT2D eigenvalue weighted by Crippen LogP contribution is 2.36. The number of urea groups is 1. The number of aromatic nitrogens is 2. The minimum absolute atomic E-state index is 0.0546. The Morgan fingerprint density at radius 3 is 2.86 bits per heavy atom. The number of rotatable bonds is 0. The average Bonchev–Trinajstić information content (AvgIpc) is 2.51. The number of carbonyl (C=O) groups excluding carboxylic acids is 1. The third-order valence-electron chi connectivity index (χ3n) is 4.19. The molecule has 3 heterocycles. The molecule has 2 unspecified atom stereocenters. The van der Waals surface area contributed by atoms with E-state index in [1.165, 1.54) is 0 Å². The largest absolute Gasteiger partial charge is 0.371 e. The molecule has 8 nitrogen and oxygen atoms in total. The van der Waals surface area contributed by atoms with E-state index >= 15 is 0 Å². The van der Waals surface area contributed by atoms with Crippen molar-refractivity contribution in [1.29, 1.82) is 0 Å². The molecule has 2 amide bonds. The summed E-state index contributed by atoms with van der Waals surface area (Å²) in [5.74, 6) is 0.703. The van der Waals surface area contributed by atoms with Crippen LogP contribution in [0.5, 0.6) is 0 Å². The number of hydrogen-bond acceptors (Lipinski definition) is 6. The van der Waals surface area contributed by atoms with Gasteiger partial charge in [0.2, 0.25) is 5.28 Å². The van der Waals surface area contributed by atoms with E-state index in [1.54, 1.807) is 42.0 Å². The average molecular weight is 327 g/mol. The first-order valence-corrected chi connectivity index (χ1v) is 7.44. The van der Waals surface area contributed by atoms with Gasteiger partial charge in [-0.1, -0.05) is 0 Å². The van der Waals surface area contributed by atoms with E-state index in [0.29, 0.717) is 25.5 Å². The summed E-state index contributed by atoms with van der Waals surface area (Å²) in [5.41, 5.74) is 0.737. The molecular formula is C13H19ClN6O2. The third-order valence-corrected chi connectivity index (χ3v) is 4.37. The van der Waals surface area contributed by atoms with Gasteiger partial charge in [0.1, 0.15) is 11.9 Å². The minimum atomic E-state index is -0.741. The van der Waals surface area contributed by atoms with Crippen LogP contribution in [0.25, 0.3) is 0 Å². The highest BCUT2D eigenvalue weighted by molar-refractivity contribution is 6.28. The van der Waals surface area contributed by atoms with Crippen molar-refractivity contribution in [3.8, 4) is 0 Å². The molecule has 0 saturated carbocycles. The van der Waals surface area contributed by atoms with Crippen molar-refractivity contribution >= 4 is 29.1 Å². The van der Waals surface area contributed by atoms with Crippen molar-refractivity contribution in [2.45, 2.75) is 12.3 Å². The second-order valence-electron chi connectivity index (χ2n) is 5.76. The molecule has 0 radical (unpaired) electrons. The van der Waals surface area contributed by atoms with Crippen molar-refractivity contribution in [1.82, 2.24) is 19.8 Å². The molecular weight excluding hydrogens is 308 g/mol. The molecule has 2 atom stereocenters. The fourth-order valence-electron chi connectivity index (χ4n) is 2.99. The number of nitrogens with zero attached hydrogens (tertiary/aromatic N) is 6. The van der Waals surface area contributed by atoms with Gasteiger partial charge < -0.3 is 24.7 Å². The maximum absolute atomic E-state index is 12.2. The Morgan fingerprint density at radius 2 is 2.18 bits per heavy atom. The molecule has 3 rings (SSSR count). The highest BCUT2D eigenvalue weighted by atomic mass is 35.5. The molecule has 2 aliphatic heterocycles. The van der Waals surface area contributed by atoms with E-state index < -0.39 is 6.23 Å². The molecule has 2 aliphatic rings. The maximum Gasteiger partial charge on any atom is 0.319 e. The number of amides is 2.